The van der Waals surface area contributed by atoms with Gasteiger partial charge in [-0.05, 0) is 35.9 Å². The lowest BCUT2D eigenvalue weighted by molar-refractivity contribution is -0.115. The Bertz CT molecular complexity index is 800. The summed E-state index contributed by atoms with van der Waals surface area (Å²) in [6.07, 6.45) is 5.34. The molecule has 0 spiro atoms. The first-order valence-electron chi connectivity index (χ1n) is 7.66. The molecule has 7 heteroatoms. The molecule has 0 aliphatic heterocycles. The molecule has 0 fully saturated rings. The van der Waals surface area contributed by atoms with Crippen molar-refractivity contribution in [3.05, 3.63) is 65.5 Å². The van der Waals surface area contributed by atoms with Gasteiger partial charge in [0, 0.05) is 24.8 Å². The number of carbonyl (C=O) groups excluding carboxylic acids is 1. The molecule has 3 N–H and O–H groups in total. The van der Waals surface area contributed by atoms with Gasteiger partial charge in [-0.2, -0.15) is 0 Å². The minimum Gasteiger partial charge on any atom is -0.352 e. The van der Waals surface area contributed by atoms with Crippen LogP contribution in [0.25, 0.3) is 0 Å². The van der Waals surface area contributed by atoms with Crippen molar-refractivity contribution in [1.82, 2.24) is 10.6 Å². The zero-order chi connectivity index (χ0) is 18.1. The first kappa shape index (κ1) is 21.4. The third-order valence-electron chi connectivity index (χ3n) is 3.33. The number of aliphatic imine (C=N–C) groups is 1. The normalized spacial score (nSPS) is 10.3. The van der Waals surface area contributed by atoms with Crippen LogP contribution >= 0.6 is 24.0 Å². The van der Waals surface area contributed by atoms with Crippen molar-refractivity contribution >= 4 is 41.5 Å². The Balaban J connectivity index is 0.00000338. The standard InChI is InChI=1S/C19H19FN4O.HI/c1-3-14-5-4-6-17(11-14)24-18(25)13-23-19(21-2)22-12-15-7-9-16(20)10-8-15;/h1,4-11H,12-13H2,2H3,(H,24,25)(H2,21,22,23);1H. The molecule has 0 radical (unpaired) electrons. The van der Waals surface area contributed by atoms with Crippen molar-refractivity contribution in [1.29, 1.82) is 0 Å². The SMILES string of the molecule is C#Cc1cccc(NC(=O)CNC(=NC)NCc2ccc(F)cc2)c1.I. The van der Waals surface area contributed by atoms with Gasteiger partial charge in [-0.3, -0.25) is 9.79 Å². The number of terminal acetylenes is 1. The number of nitrogens with one attached hydrogen (secondary N) is 3. The van der Waals surface area contributed by atoms with E-state index in [1.165, 1.54) is 12.1 Å². The number of halogens is 2. The maximum absolute atomic E-state index is 12.9. The average Bonchev–Trinajstić information content (AvgIpc) is 2.63. The monoisotopic (exact) mass is 466 g/mol. The van der Waals surface area contributed by atoms with E-state index in [-0.39, 0.29) is 42.2 Å². The van der Waals surface area contributed by atoms with Crippen LogP contribution in [0.3, 0.4) is 0 Å². The molecule has 2 rings (SSSR count). The Morgan fingerprint density at radius 3 is 2.58 bits per heavy atom. The molecule has 26 heavy (non-hydrogen) atoms. The topological polar surface area (TPSA) is 65.5 Å². The molecule has 0 aromatic heterocycles. The highest BCUT2D eigenvalue weighted by Gasteiger charge is 2.05. The highest BCUT2D eigenvalue weighted by atomic mass is 127. The molecule has 5 nitrogen and oxygen atoms in total. The number of hydrogen-bond donors (Lipinski definition) is 3. The molecular weight excluding hydrogens is 446 g/mol. The second kappa shape index (κ2) is 11.1. The van der Waals surface area contributed by atoms with E-state index in [2.05, 4.69) is 26.9 Å². The van der Waals surface area contributed by atoms with Crippen LogP contribution < -0.4 is 16.0 Å². The van der Waals surface area contributed by atoms with Crippen LogP contribution in [0.2, 0.25) is 0 Å². The highest BCUT2D eigenvalue weighted by molar-refractivity contribution is 14.0. The Kier molecular flexibility index (Phi) is 9.15. The van der Waals surface area contributed by atoms with E-state index in [1.54, 1.807) is 43.4 Å². The molecular formula is C19H20FIN4O. The van der Waals surface area contributed by atoms with E-state index >= 15 is 0 Å². The number of rotatable bonds is 5. The second-order valence-electron chi connectivity index (χ2n) is 5.18. The summed E-state index contributed by atoms with van der Waals surface area (Å²) < 4.78 is 12.9. The van der Waals surface area contributed by atoms with Gasteiger partial charge in [0.2, 0.25) is 5.91 Å². The number of nitrogens with zero attached hydrogens (tertiary/aromatic N) is 1. The van der Waals surface area contributed by atoms with Gasteiger partial charge in [0.05, 0.1) is 6.54 Å². The van der Waals surface area contributed by atoms with Crippen molar-refractivity contribution in [3.8, 4) is 12.3 Å². The Morgan fingerprint density at radius 1 is 1.19 bits per heavy atom. The summed E-state index contributed by atoms with van der Waals surface area (Å²) in [6.45, 7) is 0.509. The number of benzene rings is 2. The quantitative estimate of drug-likeness (QED) is 0.275. The molecule has 0 aliphatic carbocycles. The third-order valence-corrected chi connectivity index (χ3v) is 3.33. The summed E-state index contributed by atoms with van der Waals surface area (Å²) in [6, 6.07) is 13.2. The van der Waals surface area contributed by atoms with Crippen LogP contribution in [0.1, 0.15) is 11.1 Å². The van der Waals surface area contributed by atoms with Crippen molar-refractivity contribution in [2.24, 2.45) is 4.99 Å². The molecule has 2 aromatic rings. The van der Waals surface area contributed by atoms with E-state index in [0.717, 1.165) is 5.56 Å². The van der Waals surface area contributed by atoms with Crippen LogP contribution in [0, 0.1) is 18.2 Å². The molecule has 2 aromatic carbocycles. The van der Waals surface area contributed by atoms with E-state index in [9.17, 15) is 9.18 Å². The van der Waals surface area contributed by atoms with E-state index < -0.39 is 0 Å². The highest BCUT2D eigenvalue weighted by Crippen LogP contribution is 2.09. The number of hydrogen-bond acceptors (Lipinski definition) is 2. The van der Waals surface area contributed by atoms with Crippen LogP contribution in [0.5, 0.6) is 0 Å². The Morgan fingerprint density at radius 2 is 1.92 bits per heavy atom. The predicted octanol–water partition coefficient (Wildman–Crippen LogP) is 2.73. The lowest BCUT2D eigenvalue weighted by atomic mass is 10.2. The van der Waals surface area contributed by atoms with Crippen LogP contribution in [0.4, 0.5) is 10.1 Å². The molecule has 0 aliphatic rings. The van der Waals surface area contributed by atoms with E-state index in [0.29, 0.717) is 23.8 Å². The number of anilines is 1. The first-order valence-corrected chi connectivity index (χ1v) is 7.66. The van der Waals surface area contributed by atoms with E-state index in [1.807, 2.05) is 0 Å². The smallest absolute Gasteiger partial charge is 0.243 e. The van der Waals surface area contributed by atoms with Crippen molar-refractivity contribution in [2.75, 3.05) is 18.9 Å². The summed E-state index contributed by atoms with van der Waals surface area (Å²) in [5.41, 5.74) is 2.24. The molecule has 0 heterocycles. The minimum absolute atomic E-state index is 0. The molecule has 0 unspecified atom stereocenters. The molecule has 1 amide bonds. The average molecular weight is 466 g/mol. The fourth-order valence-corrected chi connectivity index (χ4v) is 2.06. The van der Waals surface area contributed by atoms with Gasteiger partial charge in [-0.15, -0.1) is 30.4 Å². The van der Waals surface area contributed by atoms with Gasteiger partial charge in [-0.25, -0.2) is 4.39 Å². The number of amides is 1. The number of carbonyl (C=O) groups is 1. The van der Waals surface area contributed by atoms with Gasteiger partial charge in [-0.1, -0.05) is 24.1 Å². The first-order chi connectivity index (χ1) is 12.1. The predicted molar refractivity (Wildman–Crippen MR) is 113 cm³/mol. The van der Waals surface area contributed by atoms with Gasteiger partial charge in [0.1, 0.15) is 5.82 Å². The zero-order valence-corrected chi connectivity index (χ0v) is 16.6. The van der Waals surface area contributed by atoms with Gasteiger partial charge >= 0.3 is 0 Å². The van der Waals surface area contributed by atoms with Crippen molar-refractivity contribution in [3.63, 3.8) is 0 Å². The summed E-state index contributed by atoms with van der Waals surface area (Å²) in [5, 5.41) is 8.72. The van der Waals surface area contributed by atoms with Gasteiger partial charge < -0.3 is 16.0 Å². The van der Waals surface area contributed by atoms with Crippen LogP contribution in [-0.2, 0) is 11.3 Å². The molecule has 136 valence electrons. The summed E-state index contributed by atoms with van der Waals surface area (Å²) >= 11 is 0. The minimum atomic E-state index is -0.281. The maximum Gasteiger partial charge on any atom is 0.243 e. The molecule has 0 bridgehead atoms. The molecule has 0 atom stereocenters. The molecule has 0 saturated carbocycles. The fraction of sp³-hybridized carbons (Fsp3) is 0.158. The Hall–Kier alpha value is -2.60. The zero-order valence-electron chi connectivity index (χ0n) is 14.3. The lowest BCUT2D eigenvalue weighted by Crippen LogP contribution is -2.41. The molecule has 0 saturated heterocycles. The second-order valence-corrected chi connectivity index (χ2v) is 5.18. The van der Waals surface area contributed by atoms with Gasteiger partial charge in [0.15, 0.2) is 5.96 Å². The van der Waals surface area contributed by atoms with Gasteiger partial charge in [0.25, 0.3) is 0 Å². The largest absolute Gasteiger partial charge is 0.352 e. The summed E-state index contributed by atoms with van der Waals surface area (Å²) in [5.74, 6) is 2.48. The number of guanidine groups is 1. The fourth-order valence-electron chi connectivity index (χ4n) is 2.06. The summed E-state index contributed by atoms with van der Waals surface area (Å²) in [7, 11) is 1.61. The third kappa shape index (κ3) is 7.11. The van der Waals surface area contributed by atoms with Crippen LogP contribution in [0.15, 0.2) is 53.5 Å². The maximum atomic E-state index is 12.9. The lowest BCUT2D eigenvalue weighted by Gasteiger charge is -2.12. The summed E-state index contributed by atoms with van der Waals surface area (Å²) in [4.78, 5) is 16.0. The van der Waals surface area contributed by atoms with E-state index in [4.69, 9.17) is 6.42 Å². The van der Waals surface area contributed by atoms with Crippen molar-refractivity contribution in [2.45, 2.75) is 6.54 Å². The van der Waals surface area contributed by atoms with Crippen molar-refractivity contribution < 1.29 is 9.18 Å². The Labute approximate surface area is 169 Å². The van der Waals surface area contributed by atoms with Crippen LogP contribution in [-0.4, -0.2) is 25.5 Å².